The van der Waals surface area contributed by atoms with Gasteiger partial charge in [0.05, 0.1) is 5.54 Å². The van der Waals surface area contributed by atoms with Crippen LogP contribution < -0.4 is 11.1 Å². The molecule has 3 rings (SSSR count). The highest BCUT2D eigenvalue weighted by Crippen LogP contribution is 2.27. The molecule has 1 amide bonds. The quantitative estimate of drug-likeness (QED) is 0.695. The van der Waals surface area contributed by atoms with Crippen molar-refractivity contribution in [2.45, 2.75) is 51.2 Å². The van der Waals surface area contributed by atoms with Crippen LogP contribution in [0.25, 0.3) is 0 Å². The van der Waals surface area contributed by atoms with Gasteiger partial charge < -0.3 is 16.0 Å². The smallest absolute Gasteiger partial charge is 0.240 e. The maximum absolute atomic E-state index is 12.3. The van der Waals surface area contributed by atoms with E-state index in [4.69, 9.17) is 5.73 Å². The molecule has 2 aliphatic rings. The monoisotopic (exact) mass is 452 g/mol. The number of likely N-dealkylation sites (N-methyl/N-ethyl adjacent to an activating group) is 1. The fourth-order valence-corrected chi connectivity index (χ4v) is 3.88. The zero-order valence-corrected chi connectivity index (χ0v) is 19.1. The number of hydrogen-bond acceptors (Lipinski definition) is 4. The van der Waals surface area contributed by atoms with Gasteiger partial charge in [0.2, 0.25) is 5.91 Å². The van der Waals surface area contributed by atoms with Gasteiger partial charge in [-0.2, -0.15) is 0 Å². The zero-order chi connectivity index (χ0) is 17.7. The van der Waals surface area contributed by atoms with Crippen LogP contribution in [0.4, 0.5) is 0 Å². The molecule has 1 heterocycles. The van der Waals surface area contributed by atoms with Gasteiger partial charge in [0, 0.05) is 39.3 Å². The van der Waals surface area contributed by atoms with Crippen LogP contribution >= 0.6 is 37.2 Å². The lowest BCUT2D eigenvalue weighted by Crippen LogP contribution is -2.51. The Kier molecular flexibility index (Phi) is 12.6. The average Bonchev–Trinajstić information content (AvgIpc) is 3.09. The Balaban J connectivity index is 0.00000243. The van der Waals surface area contributed by atoms with Crippen molar-refractivity contribution in [2.24, 2.45) is 5.73 Å². The van der Waals surface area contributed by atoms with Gasteiger partial charge in [0.25, 0.3) is 0 Å². The second-order valence-corrected chi connectivity index (χ2v) is 7.57. The highest BCUT2D eigenvalue weighted by atomic mass is 35.5. The average molecular weight is 454 g/mol. The topological polar surface area (TPSA) is 61.6 Å². The van der Waals surface area contributed by atoms with E-state index in [0.717, 1.165) is 57.4 Å². The lowest BCUT2D eigenvalue weighted by molar-refractivity contribution is -0.126. The Hall–Kier alpha value is -0.560. The molecule has 1 saturated heterocycles. The van der Waals surface area contributed by atoms with Crippen molar-refractivity contribution in [1.29, 1.82) is 0 Å². The minimum atomic E-state index is -0.638. The summed E-state index contributed by atoms with van der Waals surface area (Å²) in [6, 6.07) is 8.61. The van der Waals surface area contributed by atoms with Crippen molar-refractivity contribution in [1.82, 2.24) is 15.1 Å². The number of nitrogens with two attached hydrogens (primary N) is 1. The van der Waals surface area contributed by atoms with Gasteiger partial charge in [-0.05, 0) is 30.5 Å². The van der Waals surface area contributed by atoms with Crippen LogP contribution in [0.3, 0.4) is 0 Å². The Labute approximate surface area is 188 Å². The summed E-state index contributed by atoms with van der Waals surface area (Å²) >= 11 is 0. The third-order valence-electron chi connectivity index (χ3n) is 5.74. The number of rotatable bonds is 6. The fraction of sp³-hybridized carbons (Fsp3) is 0.650. The highest BCUT2D eigenvalue weighted by Gasteiger charge is 2.36. The van der Waals surface area contributed by atoms with Gasteiger partial charge in [-0.25, -0.2) is 0 Å². The van der Waals surface area contributed by atoms with Crippen LogP contribution in [0.5, 0.6) is 0 Å². The summed E-state index contributed by atoms with van der Waals surface area (Å²) in [4.78, 5) is 17.3. The Bertz CT molecular complexity index is 571. The lowest BCUT2D eigenvalue weighted by Gasteiger charge is -2.34. The summed E-state index contributed by atoms with van der Waals surface area (Å²) in [5, 5.41) is 3.01. The third-order valence-corrected chi connectivity index (χ3v) is 5.74. The van der Waals surface area contributed by atoms with E-state index < -0.39 is 5.54 Å². The van der Waals surface area contributed by atoms with Crippen molar-refractivity contribution < 1.29 is 4.79 Å². The van der Waals surface area contributed by atoms with Crippen molar-refractivity contribution in [2.75, 3.05) is 32.7 Å². The van der Waals surface area contributed by atoms with Gasteiger partial charge in [0.1, 0.15) is 0 Å². The summed E-state index contributed by atoms with van der Waals surface area (Å²) < 4.78 is 0. The SMILES string of the molecule is CCN1CCN(Cc2ccc(CNC(=O)C3(N)CCCC3)cc2)CC1.Cl.Cl.Cl. The molecule has 3 N–H and O–H groups in total. The summed E-state index contributed by atoms with van der Waals surface area (Å²) in [7, 11) is 0. The first kappa shape index (κ1) is 27.4. The molecule has 0 radical (unpaired) electrons. The third kappa shape index (κ3) is 7.36. The Morgan fingerprint density at radius 3 is 2.00 bits per heavy atom. The number of carbonyl (C=O) groups is 1. The molecule has 0 aromatic heterocycles. The maximum atomic E-state index is 12.3. The van der Waals surface area contributed by atoms with E-state index in [1.54, 1.807) is 0 Å². The zero-order valence-electron chi connectivity index (χ0n) is 16.7. The molecule has 5 nitrogen and oxygen atoms in total. The molecule has 0 unspecified atom stereocenters. The minimum Gasteiger partial charge on any atom is -0.350 e. The van der Waals surface area contributed by atoms with Crippen LogP contribution in [-0.2, 0) is 17.9 Å². The van der Waals surface area contributed by atoms with E-state index in [1.807, 2.05) is 0 Å². The molecule has 1 saturated carbocycles. The van der Waals surface area contributed by atoms with Crippen molar-refractivity contribution >= 4 is 43.1 Å². The standard InChI is InChI=1S/C20H32N4O.3ClH/c1-2-23-11-13-24(14-12-23)16-18-7-5-17(6-8-18)15-22-19(25)20(21)9-3-4-10-20;;;/h5-8H,2-4,9-16,21H2,1H3,(H,22,25);3*1H. The van der Waals surface area contributed by atoms with Crippen LogP contribution in [0.2, 0.25) is 0 Å². The molecule has 0 spiro atoms. The van der Waals surface area contributed by atoms with Gasteiger partial charge in [-0.3, -0.25) is 9.69 Å². The molecule has 1 aromatic carbocycles. The van der Waals surface area contributed by atoms with E-state index in [2.05, 4.69) is 46.3 Å². The number of halogens is 3. The summed E-state index contributed by atoms with van der Waals surface area (Å²) in [6.45, 7) is 9.57. The fourth-order valence-electron chi connectivity index (χ4n) is 3.88. The van der Waals surface area contributed by atoms with Gasteiger partial charge in [0.15, 0.2) is 0 Å². The molecule has 8 heteroatoms. The number of hydrogen-bond donors (Lipinski definition) is 2. The first-order valence-corrected chi connectivity index (χ1v) is 9.69. The number of benzene rings is 1. The first-order valence-electron chi connectivity index (χ1n) is 9.69. The second-order valence-electron chi connectivity index (χ2n) is 7.57. The minimum absolute atomic E-state index is 0. The highest BCUT2D eigenvalue weighted by molar-refractivity contribution is 5.86. The number of carbonyl (C=O) groups excluding carboxylic acids is 1. The van der Waals surface area contributed by atoms with Gasteiger partial charge in [-0.1, -0.05) is 44.0 Å². The van der Waals surface area contributed by atoms with E-state index >= 15 is 0 Å². The molecule has 162 valence electrons. The van der Waals surface area contributed by atoms with E-state index in [9.17, 15) is 4.79 Å². The predicted octanol–water partition coefficient (Wildman–Crippen LogP) is 2.98. The molecule has 28 heavy (non-hydrogen) atoms. The largest absolute Gasteiger partial charge is 0.350 e. The van der Waals surface area contributed by atoms with Crippen LogP contribution in [0, 0.1) is 0 Å². The lowest BCUT2D eigenvalue weighted by atomic mass is 9.98. The summed E-state index contributed by atoms with van der Waals surface area (Å²) in [5.41, 5.74) is 8.03. The molecule has 1 aliphatic heterocycles. The number of nitrogens with one attached hydrogen (secondary N) is 1. The van der Waals surface area contributed by atoms with Crippen LogP contribution in [0.15, 0.2) is 24.3 Å². The van der Waals surface area contributed by atoms with Crippen molar-refractivity contribution in [3.63, 3.8) is 0 Å². The van der Waals surface area contributed by atoms with Crippen LogP contribution in [0.1, 0.15) is 43.7 Å². The van der Waals surface area contributed by atoms with Crippen molar-refractivity contribution in [3.05, 3.63) is 35.4 Å². The first-order chi connectivity index (χ1) is 12.1. The Morgan fingerprint density at radius 2 is 1.46 bits per heavy atom. The summed E-state index contributed by atoms with van der Waals surface area (Å²) in [6.07, 6.45) is 3.74. The Morgan fingerprint density at radius 1 is 0.964 bits per heavy atom. The van der Waals surface area contributed by atoms with E-state index in [0.29, 0.717) is 6.54 Å². The van der Waals surface area contributed by atoms with Gasteiger partial charge in [-0.15, -0.1) is 37.2 Å². The van der Waals surface area contributed by atoms with E-state index in [1.165, 1.54) is 18.7 Å². The number of amides is 1. The molecule has 0 bridgehead atoms. The molecular formula is C20H35Cl3N4O. The number of piperazine rings is 1. The summed E-state index contributed by atoms with van der Waals surface area (Å²) in [5.74, 6) is 0.00266. The molecule has 1 aliphatic carbocycles. The van der Waals surface area contributed by atoms with E-state index in [-0.39, 0.29) is 43.1 Å². The maximum Gasteiger partial charge on any atom is 0.240 e. The molecule has 2 fully saturated rings. The molecule has 1 aromatic rings. The van der Waals surface area contributed by atoms with Crippen LogP contribution in [-0.4, -0.2) is 54.0 Å². The molecule has 0 atom stereocenters. The normalized spacial score (nSPS) is 19.1. The number of nitrogens with zero attached hydrogens (tertiary/aromatic N) is 2. The predicted molar refractivity (Wildman–Crippen MR) is 123 cm³/mol. The van der Waals surface area contributed by atoms with Gasteiger partial charge >= 0.3 is 0 Å². The molecular weight excluding hydrogens is 419 g/mol. The second kappa shape index (κ2) is 12.9. The van der Waals surface area contributed by atoms with Crippen molar-refractivity contribution in [3.8, 4) is 0 Å².